The Kier molecular flexibility index (Phi) is 3.15. The van der Waals surface area contributed by atoms with Gasteiger partial charge in [0.25, 0.3) is 0 Å². The Hall–Kier alpha value is -2.86. The fraction of sp³-hybridized carbons (Fsp3) is 0.154. The summed E-state index contributed by atoms with van der Waals surface area (Å²) in [6.45, 7) is 8.86. The molecular formula is C26H22. The van der Waals surface area contributed by atoms with E-state index in [0.717, 1.165) is 0 Å². The van der Waals surface area contributed by atoms with Crippen LogP contribution in [0.3, 0.4) is 0 Å². The van der Waals surface area contributed by atoms with Crippen LogP contribution in [-0.4, -0.2) is 0 Å². The summed E-state index contributed by atoms with van der Waals surface area (Å²) in [6.07, 6.45) is 0. The van der Waals surface area contributed by atoms with Gasteiger partial charge in [0.1, 0.15) is 0 Å². The highest BCUT2D eigenvalue weighted by Crippen LogP contribution is 2.36. The van der Waals surface area contributed by atoms with Gasteiger partial charge in [-0.3, -0.25) is 0 Å². The maximum Gasteiger partial charge on any atom is -0.0139 e. The zero-order chi connectivity index (χ0) is 18.0. The first-order valence-electron chi connectivity index (χ1n) is 9.29. The predicted molar refractivity (Wildman–Crippen MR) is 115 cm³/mol. The molecule has 5 rings (SSSR count). The largest absolute Gasteiger partial charge is 0.0587 e. The first kappa shape index (κ1) is 15.4. The number of rotatable bonds is 0. The van der Waals surface area contributed by atoms with Crippen molar-refractivity contribution in [2.75, 3.05) is 0 Å². The lowest BCUT2D eigenvalue weighted by Crippen LogP contribution is -1.89. The third-order valence-corrected chi connectivity index (χ3v) is 5.88. The molecule has 0 radical (unpaired) electrons. The van der Waals surface area contributed by atoms with E-state index in [1.807, 2.05) is 0 Å². The maximum atomic E-state index is 2.39. The van der Waals surface area contributed by atoms with Crippen LogP contribution in [0.25, 0.3) is 43.1 Å². The number of hydrogen-bond donors (Lipinski definition) is 0. The van der Waals surface area contributed by atoms with Crippen molar-refractivity contribution in [3.8, 4) is 0 Å². The van der Waals surface area contributed by atoms with Crippen LogP contribution in [0, 0.1) is 27.7 Å². The monoisotopic (exact) mass is 334 g/mol. The molecule has 0 saturated heterocycles. The van der Waals surface area contributed by atoms with Crippen LogP contribution in [0.2, 0.25) is 0 Å². The van der Waals surface area contributed by atoms with Gasteiger partial charge in [0.15, 0.2) is 0 Å². The van der Waals surface area contributed by atoms with Crippen molar-refractivity contribution in [3.05, 3.63) is 82.9 Å². The van der Waals surface area contributed by atoms with Gasteiger partial charge in [-0.1, -0.05) is 47.5 Å². The molecule has 126 valence electrons. The molecule has 0 aliphatic carbocycles. The lowest BCUT2D eigenvalue weighted by atomic mass is 9.90. The Balaban J connectivity index is 1.98. The molecule has 0 bridgehead atoms. The summed E-state index contributed by atoms with van der Waals surface area (Å²) in [6, 6.07) is 23.0. The van der Waals surface area contributed by atoms with Gasteiger partial charge in [0.05, 0.1) is 0 Å². The Morgan fingerprint density at radius 2 is 0.923 bits per heavy atom. The van der Waals surface area contributed by atoms with E-state index in [1.54, 1.807) is 0 Å². The smallest absolute Gasteiger partial charge is 0.0139 e. The van der Waals surface area contributed by atoms with Crippen molar-refractivity contribution in [2.45, 2.75) is 27.7 Å². The van der Waals surface area contributed by atoms with E-state index in [4.69, 9.17) is 0 Å². The van der Waals surface area contributed by atoms with Crippen LogP contribution >= 0.6 is 0 Å². The summed E-state index contributed by atoms with van der Waals surface area (Å²) in [5.41, 5.74) is 5.40. The highest BCUT2D eigenvalue weighted by Gasteiger charge is 2.10. The minimum Gasteiger partial charge on any atom is -0.0587 e. The Bertz CT molecular complexity index is 1350. The van der Waals surface area contributed by atoms with Crippen molar-refractivity contribution < 1.29 is 0 Å². The Labute approximate surface area is 154 Å². The zero-order valence-corrected chi connectivity index (χ0v) is 15.8. The van der Waals surface area contributed by atoms with E-state index in [2.05, 4.69) is 88.4 Å². The van der Waals surface area contributed by atoms with Crippen molar-refractivity contribution in [1.29, 1.82) is 0 Å². The fourth-order valence-electron chi connectivity index (χ4n) is 4.38. The summed E-state index contributed by atoms with van der Waals surface area (Å²) in [5, 5.41) is 10.8. The molecule has 5 aromatic rings. The highest BCUT2D eigenvalue weighted by atomic mass is 14.1. The first-order chi connectivity index (χ1) is 12.5. The standard InChI is InChI=1S/C26H22/c1-15-5-7-19-12-24-18(4)25-13-20-8-6-16(2)10-23(20)17(3)26(25)14-22(24)11-21(19)9-15/h5-14H,1-4H3. The number of aryl methyl sites for hydroxylation is 4. The molecule has 0 aliphatic rings. The van der Waals surface area contributed by atoms with Gasteiger partial charge in [0.2, 0.25) is 0 Å². The molecule has 0 aromatic heterocycles. The van der Waals surface area contributed by atoms with Gasteiger partial charge >= 0.3 is 0 Å². The zero-order valence-electron chi connectivity index (χ0n) is 15.8. The number of benzene rings is 5. The Morgan fingerprint density at radius 3 is 1.65 bits per heavy atom. The SMILES string of the molecule is Cc1ccc2cc3c(C)c4cc5ccc(C)cc5c(C)c4cc3cc2c1. The third-order valence-electron chi connectivity index (χ3n) is 5.88. The van der Waals surface area contributed by atoms with Crippen LogP contribution in [0.4, 0.5) is 0 Å². The lowest BCUT2D eigenvalue weighted by molar-refractivity contribution is 1.48. The van der Waals surface area contributed by atoms with Gasteiger partial charge in [-0.25, -0.2) is 0 Å². The number of hydrogen-bond acceptors (Lipinski definition) is 0. The normalized spacial score (nSPS) is 11.8. The summed E-state index contributed by atoms with van der Waals surface area (Å²) >= 11 is 0. The predicted octanol–water partition coefficient (Wildman–Crippen LogP) is 7.53. The van der Waals surface area contributed by atoms with E-state index < -0.39 is 0 Å². The van der Waals surface area contributed by atoms with Gasteiger partial charge in [-0.05, 0) is 106 Å². The second kappa shape index (κ2) is 5.32. The number of fused-ring (bicyclic) bond motifs is 4. The molecular weight excluding hydrogens is 312 g/mol. The summed E-state index contributed by atoms with van der Waals surface area (Å²) in [7, 11) is 0. The molecule has 0 nitrogen and oxygen atoms in total. The molecule has 0 spiro atoms. The maximum absolute atomic E-state index is 2.39. The van der Waals surface area contributed by atoms with Crippen LogP contribution in [0.1, 0.15) is 22.3 Å². The van der Waals surface area contributed by atoms with Crippen molar-refractivity contribution in [2.24, 2.45) is 0 Å². The molecule has 0 heteroatoms. The highest BCUT2D eigenvalue weighted by molar-refractivity contribution is 6.12. The fourth-order valence-corrected chi connectivity index (χ4v) is 4.38. The van der Waals surface area contributed by atoms with Crippen LogP contribution in [-0.2, 0) is 0 Å². The molecule has 0 amide bonds. The van der Waals surface area contributed by atoms with E-state index in [0.29, 0.717) is 0 Å². The summed E-state index contributed by atoms with van der Waals surface area (Å²) in [4.78, 5) is 0. The minimum absolute atomic E-state index is 1.31. The molecule has 0 aliphatic heterocycles. The molecule has 0 atom stereocenters. The van der Waals surface area contributed by atoms with E-state index in [9.17, 15) is 0 Å². The van der Waals surface area contributed by atoms with Crippen LogP contribution < -0.4 is 0 Å². The van der Waals surface area contributed by atoms with Gasteiger partial charge < -0.3 is 0 Å². The van der Waals surface area contributed by atoms with E-state index >= 15 is 0 Å². The molecule has 0 fully saturated rings. The quantitative estimate of drug-likeness (QED) is 0.257. The van der Waals surface area contributed by atoms with Crippen molar-refractivity contribution in [3.63, 3.8) is 0 Å². The average Bonchev–Trinajstić information content (AvgIpc) is 2.62. The molecule has 0 saturated carbocycles. The Morgan fingerprint density at radius 1 is 0.385 bits per heavy atom. The second-order valence-corrected chi connectivity index (χ2v) is 7.75. The lowest BCUT2D eigenvalue weighted by Gasteiger charge is -2.14. The van der Waals surface area contributed by atoms with Crippen molar-refractivity contribution >= 4 is 43.1 Å². The third kappa shape index (κ3) is 2.15. The molecule has 0 N–H and O–H groups in total. The van der Waals surface area contributed by atoms with Crippen molar-refractivity contribution in [1.82, 2.24) is 0 Å². The molecule has 0 heterocycles. The van der Waals surface area contributed by atoms with E-state index in [-0.39, 0.29) is 0 Å². The first-order valence-corrected chi connectivity index (χ1v) is 9.29. The summed E-state index contributed by atoms with van der Waals surface area (Å²) in [5.74, 6) is 0. The van der Waals surface area contributed by atoms with E-state index in [1.165, 1.54) is 65.3 Å². The van der Waals surface area contributed by atoms with Gasteiger partial charge in [-0.2, -0.15) is 0 Å². The van der Waals surface area contributed by atoms with Crippen LogP contribution in [0.5, 0.6) is 0 Å². The second-order valence-electron chi connectivity index (χ2n) is 7.75. The molecule has 26 heavy (non-hydrogen) atoms. The molecule has 5 aromatic carbocycles. The topological polar surface area (TPSA) is 0 Å². The van der Waals surface area contributed by atoms with Gasteiger partial charge in [0, 0.05) is 0 Å². The minimum atomic E-state index is 1.31. The van der Waals surface area contributed by atoms with Crippen LogP contribution in [0.15, 0.2) is 60.7 Å². The summed E-state index contributed by atoms with van der Waals surface area (Å²) < 4.78 is 0. The average molecular weight is 334 g/mol. The molecule has 0 unspecified atom stereocenters. The van der Waals surface area contributed by atoms with Gasteiger partial charge in [-0.15, -0.1) is 0 Å².